The Morgan fingerprint density at radius 1 is 0.983 bits per heavy atom. The van der Waals surface area contributed by atoms with Crippen LogP contribution in [-0.4, -0.2) is 99.1 Å². The number of Topliss-reactive ketones (excluding diaryl/α,β-unsaturated/α-hetero) is 1. The van der Waals surface area contributed by atoms with E-state index in [0.29, 0.717) is 53.8 Å². The summed E-state index contributed by atoms with van der Waals surface area (Å²) >= 11 is 0. The van der Waals surface area contributed by atoms with Gasteiger partial charge in [-0.15, -0.1) is 0 Å². The summed E-state index contributed by atoms with van der Waals surface area (Å²) in [5.41, 5.74) is 5.02. The lowest BCUT2D eigenvalue weighted by Crippen LogP contribution is -2.50. The molecule has 58 heavy (non-hydrogen) atoms. The fraction of sp³-hybridized carbons (Fsp3) is 0.271. The second-order valence-electron chi connectivity index (χ2n) is 14.3. The standard InChI is InChI=1S/C48H52N4O6/c1-9-15-35-17-13-19-37-39(35)29-41(53)51(47(37)57)27-25-49(11-3)33(7)23-21-31(5)43-45(55)44(46(43)56)32(6)22-24-34(8)50(12-4)26-28-52-42(54)30-40-36(16-10-2)18-14-20-38(40)48(52)58/h9-10,13-24,29,41,53H,1,6,8,11-12,25-28,30H2,2-5,7H3/b16-10-,23-21-,24-22-,35-15-,49-33?. The van der Waals surface area contributed by atoms with E-state index >= 15 is 0 Å². The van der Waals surface area contributed by atoms with E-state index in [1.165, 1.54) is 9.80 Å². The molecule has 3 amide bonds. The van der Waals surface area contributed by atoms with Crippen LogP contribution in [0.5, 0.6) is 0 Å². The second-order valence-corrected chi connectivity index (χ2v) is 14.3. The van der Waals surface area contributed by atoms with E-state index in [-0.39, 0.29) is 65.5 Å². The molecule has 10 heteroatoms. The first-order valence-corrected chi connectivity index (χ1v) is 19.5. The third-order valence-corrected chi connectivity index (χ3v) is 10.8. The molecule has 2 heterocycles. The van der Waals surface area contributed by atoms with E-state index in [9.17, 15) is 29.4 Å². The van der Waals surface area contributed by atoms with Crippen molar-refractivity contribution in [2.75, 3.05) is 39.3 Å². The monoisotopic (exact) mass is 780 g/mol. The Hall–Kier alpha value is -6.39. The maximum absolute atomic E-state index is 13.3. The van der Waals surface area contributed by atoms with Gasteiger partial charge in [-0.1, -0.05) is 86.2 Å². The van der Waals surface area contributed by atoms with Gasteiger partial charge in [0.1, 0.15) is 12.8 Å². The minimum absolute atomic E-state index is 0.0174. The van der Waals surface area contributed by atoms with Crippen LogP contribution in [0.2, 0.25) is 0 Å². The molecule has 0 radical (unpaired) electrons. The van der Waals surface area contributed by atoms with Crippen molar-refractivity contribution in [3.05, 3.63) is 159 Å². The average molecular weight is 781 g/mol. The van der Waals surface area contributed by atoms with Crippen molar-refractivity contribution in [3.63, 3.8) is 0 Å². The molecular weight excluding hydrogens is 729 g/mol. The van der Waals surface area contributed by atoms with Gasteiger partial charge < -0.3 is 20.0 Å². The molecule has 5 rings (SSSR count). The number of benzene rings is 2. The maximum Gasteiger partial charge on any atom is 0.260 e. The van der Waals surface area contributed by atoms with Gasteiger partial charge >= 0.3 is 0 Å². The van der Waals surface area contributed by atoms with E-state index in [0.717, 1.165) is 22.1 Å². The average Bonchev–Trinajstić information content (AvgIpc) is 3.19. The molecule has 1 N–H and O–H groups in total. The first kappa shape index (κ1) is 42.7. The number of carbonyl (C=O) groups is 4. The minimum atomic E-state index is -1.07. The molecule has 1 unspecified atom stereocenters. The van der Waals surface area contributed by atoms with Crippen LogP contribution < -0.4 is 15.5 Å². The lowest BCUT2D eigenvalue weighted by atomic mass is 9.81. The minimum Gasteiger partial charge on any atom is -0.871 e. The van der Waals surface area contributed by atoms with Crippen LogP contribution in [0, 0.1) is 0 Å². The zero-order valence-electron chi connectivity index (χ0n) is 34.1. The normalized spacial score (nSPS) is 18.4. The summed E-state index contributed by atoms with van der Waals surface area (Å²) < 4.78 is 2.05. The molecule has 10 nitrogen and oxygen atoms in total. The first-order chi connectivity index (χ1) is 27.8. The van der Waals surface area contributed by atoms with Gasteiger partial charge in [-0.25, -0.2) is 4.58 Å². The Morgan fingerprint density at radius 2 is 1.71 bits per heavy atom. The van der Waals surface area contributed by atoms with Crippen LogP contribution in [0.25, 0.3) is 18.2 Å². The summed E-state index contributed by atoms with van der Waals surface area (Å²) in [7, 11) is 0. The summed E-state index contributed by atoms with van der Waals surface area (Å²) in [6.07, 6.45) is 14.8. The number of nitrogens with zero attached hydrogens (tertiary/aromatic N) is 4. The zero-order valence-corrected chi connectivity index (χ0v) is 34.1. The number of rotatable bonds is 16. The van der Waals surface area contributed by atoms with Gasteiger partial charge in [0.05, 0.1) is 13.0 Å². The van der Waals surface area contributed by atoms with Gasteiger partial charge in [0.15, 0.2) is 18.0 Å². The molecule has 3 aliphatic rings. The predicted molar refractivity (Wildman–Crippen MR) is 228 cm³/mol. The third-order valence-electron chi connectivity index (χ3n) is 10.8. The SMILES string of the molecule is C=C/C=c1/cccc2c1=CC(O)N(CC[N+](CC)=C(C)/C=C\C(C)=C1/C(=O)C(C(=C)/C=C\C(=C)N(CC)CCN3C(=O)Cc4c(/C=C\C)cccc4C3=O)=C1[O-])C2=O. The number of fused-ring (bicyclic) bond motifs is 2. The molecule has 1 atom stereocenters. The number of hydrogen-bond acceptors (Lipinski definition) is 7. The van der Waals surface area contributed by atoms with Crippen molar-refractivity contribution in [2.45, 2.75) is 47.3 Å². The largest absolute Gasteiger partial charge is 0.871 e. The van der Waals surface area contributed by atoms with E-state index in [1.54, 1.807) is 55.5 Å². The lowest BCUT2D eigenvalue weighted by molar-refractivity contribution is -0.524. The number of carbonyl (C=O) groups excluding carboxylic acids is 4. The van der Waals surface area contributed by atoms with Crippen LogP contribution in [0.1, 0.15) is 66.5 Å². The van der Waals surface area contributed by atoms with Gasteiger partial charge in [-0.2, -0.15) is 0 Å². The highest BCUT2D eigenvalue weighted by atomic mass is 16.3. The van der Waals surface area contributed by atoms with Crippen molar-refractivity contribution in [3.8, 4) is 0 Å². The van der Waals surface area contributed by atoms with Gasteiger partial charge in [0, 0.05) is 60.6 Å². The molecule has 2 aromatic carbocycles. The zero-order chi connectivity index (χ0) is 42.3. The molecular formula is C48H52N4O6. The number of imide groups is 1. The number of aliphatic hydroxyl groups is 1. The molecule has 0 aromatic heterocycles. The van der Waals surface area contributed by atoms with E-state index < -0.39 is 6.23 Å². The quantitative estimate of drug-likeness (QED) is 0.0900. The molecule has 0 spiro atoms. The molecule has 300 valence electrons. The van der Waals surface area contributed by atoms with E-state index in [2.05, 4.69) is 24.3 Å². The molecule has 2 aromatic rings. The number of likely N-dealkylation sites (N-methyl/N-ethyl adjacent to an activating group) is 2. The van der Waals surface area contributed by atoms with E-state index in [4.69, 9.17) is 0 Å². The van der Waals surface area contributed by atoms with Gasteiger partial charge in [-0.3, -0.25) is 24.1 Å². The Kier molecular flexibility index (Phi) is 13.8. The molecule has 0 saturated carbocycles. The summed E-state index contributed by atoms with van der Waals surface area (Å²) in [5, 5.41) is 25.6. The van der Waals surface area contributed by atoms with Crippen molar-refractivity contribution in [1.82, 2.24) is 14.7 Å². The molecule has 0 fully saturated rings. The Morgan fingerprint density at radius 3 is 2.38 bits per heavy atom. The highest BCUT2D eigenvalue weighted by molar-refractivity contribution is 6.22. The second kappa shape index (κ2) is 18.7. The maximum atomic E-state index is 13.3. The van der Waals surface area contributed by atoms with Gasteiger partial charge in [-0.05, 0) is 84.7 Å². The smallest absolute Gasteiger partial charge is 0.260 e. The predicted octanol–water partition coefficient (Wildman–Crippen LogP) is 3.98. The Bertz CT molecular complexity index is 2410. The summed E-state index contributed by atoms with van der Waals surface area (Å²) in [6.45, 7) is 23.7. The Labute approximate surface area is 340 Å². The molecule has 0 saturated heterocycles. The fourth-order valence-electron chi connectivity index (χ4n) is 7.45. The number of ketones is 1. The molecule has 1 aliphatic carbocycles. The highest BCUT2D eigenvalue weighted by Gasteiger charge is 2.33. The molecule has 2 aliphatic heterocycles. The number of amides is 3. The summed E-state index contributed by atoms with van der Waals surface area (Å²) in [5.74, 6) is -1.58. The number of aliphatic hydroxyl groups excluding tert-OH is 1. The lowest BCUT2D eigenvalue weighted by Gasteiger charge is -2.32. The third kappa shape index (κ3) is 8.77. The van der Waals surface area contributed by atoms with Crippen molar-refractivity contribution >= 4 is 47.4 Å². The highest BCUT2D eigenvalue weighted by Crippen LogP contribution is 2.34. The van der Waals surface area contributed by atoms with E-state index in [1.807, 2.05) is 75.1 Å². The number of allylic oxidation sites excluding steroid dienone is 10. The van der Waals surface area contributed by atoms with Crippen LogP contribution in [0.15, 0.2) is 126 Å². The van der Waals surface area contributed by atoms with Crippen LogP contribution in [-0.2, 0) is 16.0 Å². The van der Waals surface area contributed by atoms with Crippen molar-refractivity contribution < 1.29 is 34.0 Å². The first-order valence-electron chi connectivity index (χ1n) is 19.5. The number of hydrogen-bond donors (Lipinski definition) is 1. The summed E-state index contributed by atoms with van der Waals surface area (Å²) in [6, 6.07) is 10.9. The summed E-state index contributed by atoms with van der Waals surface area (Å²) in [4.78, 5) is 57.6. The van der Waals surface area contributed by atoms with Crippen LogP contribution in [0.4, 0.5) is 0 Å². The van der Waals surface area contributed by atoms with Crippen LogP contribution in [0.3, 0.4) is 0 Å². The topological polar surface area (TPSA) is 124 Å². The van der Waals surface area contributed by atoms with Crippen molar-refractivity contribution in [2.24, 2.45) is 0 Å². The van der Waals surface area contributed by atoms with Crippen LogP contribution >= 0.6 is 0 Å². The van der Waals surface area contributed by atoms with Gasteiger partial charge in [0.2, 0.25) is 5.91 Å². The van der Waals surface area contributed by atoms with Crippen molar-refractivity contribution in [1.29, 1.82) is 0 Å². The molecule has 0 bridgehead atoms. The Balaban J connectivity index is 1.20. The van der Waals surface area contributed by atoms with Gasteiger partial charge in [0.25, 0.3) is 11.8 Å². The fourth-order valence-corrected chi connectivity index (χ4v) is 7.45.